The first-order valence-corrected chi connectivity index (χ1v) is 7.76. The Morgan fingerprint density at radius 1 is 0.905 bits per heavy atom. The molecule has 0 bridgehead atoms. The lowest BCUT2D eigenvalue weighted by Crippen LogP contribution is -2.03. The van der Waals surface area contributed by atoms with E-state index in [1.807, 2.05) is 20.8 Å². The van der Waals surface area contributed by atoms with Crippen LogP contribution in [-0.2, 0) is 6.42 Å². The van der Waals surface area contributed by atoms with Gasteiger partial charge in [0.05, 0.1) is 19.8 Å². The van der Waals surface area contributed by atoms with Crippen LogP contribution in [0.2, 0.25) is 0 Å². The molecule has 0 atom stereocenters. The van der Waals surface area contributed by atoms with Crippen molar-refractivity contribution in [3.63, 3.8) is 0 Å². The van der Waals surface area contributed by atoms with Gasteiger partial charge in [-0.25, -0.2) is 0 Å². The standard InChI is InChI=1S/C18H27O3/c1-5-9-10-11-12-15-13-16(19-6-2)18(21-8-4)17(14-15)20-7-3/h9-10,13-14H,1,5-8,11-12H2,2-4H3. The summed E-state index contributed by atoms with van der Waals surface area (Å²) < 4.78 is 17.1. The van der Waals surface area contributed by atoms with Crippen molar-refractivity contribution < 1.29 is 14.2 Å². The van der Waals surface area contributed by atoms with Gasteiger partial charge in [0.2, 0.25) is 5.75 Å². The molecule has 0 saturated carbocycles. The van der Waals surface area contributed by atoms with Gasteiger partial charge in [0.1, 0.15) is 0 Å². The van der Waals surface area contributed by atoms with Gasteiger partial charge in [0.15, 0.2) is 11.5 Å². The molecule has 1 radical (unpaired) electrons. The number of rotatable bonds is 10. The van der Waals surface area contributed by atoms with Crippen LogP contribution in [0, 0.1) is 6.92 Å². The molecule has 0 aliphatic heterocycles. The maximum atomic E-state index is 5.71. The van der Waals surface area contributed by atoms with Crippen LogP contribution >= 0.6 is 0 Å². The number of hydrogen-bond donors (Lipinski definition) is 0. The second-order valence-corrected chi connectivity index (χ2v) is 4.52. The van der Waals surface area contributed by atoms with Crippen molar-refractivity contribution in [2.45, 2.75) is 40.0 Å². The minimum Gasteiger partial charge on any atom is -0.490 e. The van der Waals surface area contributed by atoms with Crippen LogP contribution in [0.1, 0.15) is 39.2 Å². The summed E-state index contributed by atoms with van der Waals surface area (Å²) in [7, 11) is 0. The third-order valence-electron chi connectivity index (χ3n) is 2.90. The molecular formula is C18H27O3. The average molecular weight is 291 g/mol. The second-order valence-electron chi connectivity index (χ2n) is 4.52. The summed E-state index contributed by atoms with van der Waals surface area (Å²) in [6, 6.07) is 4.10. The molecule has 0 spiro atoms. The van der Waals surface area contributed by atoms with Gasteiger partial charge >= 0.3 is 0 Å². The zero-order valence-electron chi connectivity index (χ0n) is 13.5. The van der Waals surface area contributed by atoms with Gasteiger partial charge in [-0.15, -0.1) is 0 Å². The Bertz CT molecular complexity index is 411. The van der Waals surface area contributed by atoms with Crippen LogP contribution in [0.5, 0.6) is 17.2 Å². The van der Waals surface area contributed by atoms with Crippen molar-refractivity contribution in [2.24, 2.45) is 0 Å². The summed E-state index contributed by atoms with van der Waals surface area (Å²) >= 11 is 0. The quantitative estimate of drug-likeness (QED) is 0.590. The van der Waals surface area contributed by atoms with Gasteiger partial charge in [-0.1, -0.05) is 12.2 Å². The van der Waals surface area contributed by atoms with Crippen LogP contribution in [0.15, 0.2) is 24.3 Å². The van der Waals surface area contributed by atoms with E-state index in [-0.39, 0.29) is 0 Å². The molecule has 3 nitrogen and oxygen atoms in total. The van der Waals surface area contributed by atoms with Crippen molar-refractivity contribution in [3.05, 3.63) is 36.8 Å². The summed E-state index contributed by atoms with van der Waals surface area (Å²) in [5, 5.41) is 0. The highest BCUT2D eigenvalue weighted by Gasteiger charge is 2.14. The fraction of sp³-hybridized carbons (Fsp3) is 0.500. The highest BCUT2D eigenvalue weighted by Crippen LogP contribution is 2.39. The minimum absolute atomic E-state index is 0.589. The number of hydrogen-bond acceptors (Lipinski definition) is 3. The lowest BCUT2D eigenvalue weighted by atomic mass is 10.1. The van der Waals surface area contributed by atoms with E-state index in [9.17, 15) is 0 Å². The van der Waals surface area contributed by atoms with E-state index in [0.717, 1.165) is 30.8 Å². The molecule has 0 amide bonds. The first-order chi connectivity index (χ1) is 10.3. The Balaban J connectivity index is 3.00. The Kier molecular flexibility index (Phi) is 8.41. The van der Waals surface area contributed by atoms with E-state index in [4.69, 9.17) is 14.2 Å². The first kappa shape index (κ1) is 17.4. The van der Waals surface area contributed by atoms with E-state index >= 15 is 0 Å². The van der Waals surface area contributed by atoms with Crippen molar-refractivity contribution in [2.75, 3.05) is 19.8 Å². The maximum Gasteiger partial charge on any atom is 0.203 e. The Morgan fingerprint density at radius 2 is 1.48 bits per heavy atom. The average Bonchev–Trinajstić information content (AvgIpc) is 2.47. The van der Waals surface area contributed by atoms with Crippen molar-refractivity contribution >= 4 is 0 Å². The largest absolute Gasteiger partial charge is 0.490 e. The molecule has 0 N–H and O–H groups in total. The first-order valence-electron chi connectivity index (χ1n) is 7.76. The maximum absolute atomic E-state index is 5.71. The smallest absolute Gasteiger partial charge is 0.203 e. The Morgan fingerprint density at radius 3 is 1.95 bits per heavy atom. The third-order valence-corrected chi connectivity index (χ3v) is 2.90. The topological polar surface area (TPSA) is 27.7 Å². The molecule has 1 rings (SSSR count). The molecule has 0 aliphatic carbocycles. The van der Waals surface area contributed by atoms with Gasteiger partial charge in [0, 0.05) is 0 Å². The number of aryl methyl sites for hydroxylation is 1. The van der Waals surface area contributed by atoms with E-state index in [1.54, 1.807) is 0 Å². The molecular weight excluding hydrogens is 264 g/mol. The van der Waals surface area contributed by atoms with Crippen molar-refractivity contribution in [1.82, 2.24) is 0 Å². The van der Waals surface area contributed by atoms with E-state index in [1.165, 1.54) is 5.56 Å². The second kappa shape index (κ2) is 10.1. The molecule has 1 aromatic rings. The monoisotopic (exact) mass is 291 g/mol. The van der Waals surface area contributed by atoms with E-state index in [2.05, 4.69) is 31.2 Å². The lowest BCUT2D eigenvalue weighted by molar-refractivity contribution is 0.260. The van der Waals surface area contributed by atoms with Crippen LogP contribution in [0.25, 0.3) is 0 Å². The zero-order valence-corrected chi connectivity index (χ0v) is 13.5. The molecule has 0 aromatic heterocycles. The molecule has 3 heteroatoms. The summed E-state index contributed by atoms with van der Waals surface area (Å²) in [5.41, 5.74) is 1.19. The summed E-state index contributed by atoms with van der Waals surface area (Å²) in [5.74, 6) is 2.24. The van der Waals surface area contributed by atoms with Crippen LogP contribution < -0.4 is 14.2 Å². The molecule has 0 fully saturated rings. The molecule has 21 heavy (non-hydrogen) atoms. The van der Waals surface area contributed by atoms with Crippen LogP contribution in [0.3, 0.4) is 0 Å². The Hall–Kier alpha value is -1.64. The highest BCUT2D eigenvalue weighted by atomic mass is 16.5. The summed E-state index contributed by atoms with van der Waals surface area (Å²) in [4.78, 5) is 0. The van der Waals surface area contributed by atoms with Crippen molar-refractivity contribution in [1.29, 1.82) is 0 Å². The van der Waals surface area contributed by atoms with Gasteiger partial charge < -0.3 is 14.2 Å². The van der Waals surface area contributed by atoms with Gasteiger partial charge in [0.25, 0.3) is 0 Å². The minimum atomic E-state index is 0.589. The lowest BCUT2D eigenvalue weighted by Gasteiger charge is -2.17. The van der Waals surface area contributed by atoms with E-state index < -0.39 is 0 Å². The number of allylic oxidation sites excluding steroid dienone is 2. The SMILES string of the molecule is [CH2]CC=CCCc1cc(OCC)c(OCC)c(OCC)c1. The molecule has 0 aliphatic rings. The molecule has 0 unspecified atom stereocenters. The fourth-order valence-corrected chi connectivity index (χ4v) is 2.07. The molecule has 117 valence electrons. The van der Waals surface area contributed by atoms with Gasteiger partial charge in [-0.05, 0) is 64.7 Å². The molecule has 0 heterocycles. The number of benzene rings is 1. The van der Waals surface area contributed by atoms with Gasteiger partial charge in [-0.3, -0.25) is 0 Å². The third kappa shape index (κ3) is 5.70. The zero-order chi connectivity index (χ0) is 15.5. The normalized spacial score (nSPS) is 10.9. The van der Waals surface area contributed by atoms with Crippen LogP contribution in [0.4, 0.5) is 0 Å². The predicted octanol–water partition coefficient (Wildman–Crippen LogP) is 4.60. The van der Waals surface area contributed by atoms with E-state index in [0.29, 0.717) is 25.6 Å². The highest BCUT2D eigenvalue weighted by molar-refractivity contribution is 5.54. The Labute approximate surface area is 128 Å². The summed E-state index contributed by atoms with van der Waals surface area (Å²) in [6.45, 7) is 11.5. The fourth-order valence-electron chi connectivity index (χ4n) is 2.07. The van der Waals surface area contributed by atoms with Crippen LogP contribution in [-0.4, -0.2) is 19.8 Å². The van der Waals surface area contributed by atoms with Crippen molar-refractivity contribution in [3.8, 4) is 17.2 Å². The number of ether oxygens (including phenoxy) is 3. The molecule has 1 aromatic carbocycles. The van der Waals surface area contributed by atoms with Gasteiger partial charge in [-0.2, -0.15) is 0 Å². The summed E-state index contributed by atoms with van der Waals surface area (Å²) in [6.07, 6.45) is 7.01. The predicted molar refractivity (Wildman–Crippen MR) is 87.4 cm³/mol. The molecule has 0 saturated heterocycles.